The number of hydrogen-bond donors (Lipinski definition) is 0. The number of allylic oxidation sites excluding steroid dienone is 1. The lowest BCUT2D eigenvalue weighted by Gasteiger charge is -2.26. The van der Waals surface area contributed by atoms with Crippen LogP contribution < -0.4 is 0 Å². The molecular formula is C14H24N2O3. The Morgan fingerprint density at radius 3 is 2.21 bits per heavy atom. The van der Waals surface area contributed by atoms with Crippen LogP contribution in [0.15, 0.2) is 12.2 Å². The van der Waals surface area contributed by atoms with Crippen molar-refractivity contribution in [1.82, 2.24) is 9.80 Å². The monoisotopic (exact) mass is 268 g/mol. The Balaban J connectivity index is 2.54. The van der Waals surface area contributed by atoms with Crippen molar-refractivity contribution in [2.45, 2.75) is 39.7 Å². The van der Waals surface area contributed by atoms with E-state index in [-0.39, 0.29) is 12.0 Å². The van der Waals surface area contributed by atoms with E-state index in [9.17, 15) is 9.59 Å². The van der Waals surface area contributed by atoms with Gasteiger partial charge in [-0.2, -0.15) is 0 Å². The fourth-order valence-corrected chi connectivity index (χ4v) is 1.89. The molecule has 1 fully saturated rings. The summed E-state index contributed by atoms with van der Waals surface area (Å²) in [5.41, 5.74) is -0.482. The molecule has 5 heteroatoms. The average Bonchev–Trinajstić information content (AvgIpc) is 2.52. The van der Waals surface area contributed by atoms with Crippen LogP contribution in [0.4, 0.5) is 4.79 Å². The van der Waals surface area contributed by atoms with Gasteiger partial charge in [0.2, 0.25) is 5.91 Å². The Morgan fingerprint density at radius 1 is 1.05 bits per heavy atom. The van der Waals surface area contributed by atoms with E-state index < -0.39 is 5.60 Å². The first-order valence-corrected chi connectivity index (χ1v) is 6.73. The molecule has 0 aliphatic carbocycles. The predicted molar refractivity (Wildman–Crippen MR) is 73.8 cm³/mol. The van der Waals surface area contributed by atoms with Crippen molar-refractivity contribution in [3.63, 3.8) is 0 Å². The molecule has 19 heavy (non-hydrogen) atoms. The van der Waals surface area contributed by atoms with Gasteiger partial charge in [-0.15, -0.1) is 0 Å². The molecule has 0 radical (unpaired) electrons. The summed E-state index contributed by atoms with van der Waals surface area (Å²) in [7, 11) is 0. The standard InChI is InChI=1S/C14H24N2O3/c1-5-7-12(17)15-8-6-9-16(11-10-15)13(18)19-14(2,3)4/h5,7H,6,8-11H2,1-4H3/b7-5+. The van der Waals surface area contributed by atoms with E-state index in [1.54, 1.807) is 22.0 Å². The number of rotatable bonds is 1. The summed E-state index contributed by atoms with van der Waals surface area (Å²) >= 11 is 0. The van der Waals surface area contributed by atoms with Gasteiger partial charge in [-0.25, -0.2) is 4.79 Å². The van der Waals surface area contributed by atoms with Crippen molar-refractivity contribution >= 4 is 12.0 Å². The molecule has 1 saturated heterocycles. The van der Waals surface area contributed by atoms with Gasteiger partial charge in [0.25, 0.3) is 0 Å². The van der Waals surface area contributed by atoms with Crippen LogP contribution >= 0.6 is 0 Å². The molecule has 5 nitrogen and oxygen atoms in total. The molecule has 108 valence electrons. The summed E-state index contributed by atoms with van der Waals surface area (Å²) in [6, 6.07) is 0. The van der Waals surface area contributed by atoms with Crippen LogP contribution in [0, 0.1) is 0 Å². The molecule has 1 aliphatic heterocycles. The SMILES string of the molecule is C/C=C/C(=O)N1CCCN(C(=O)OC(C)(C)C)CC1. The van der Waals surface area contributed by atoms with Gasteiger partial charge in [-0.05, 0) is 40.2 Å². The lowest BCUT2D eigenvalue weighted by molar-refractivity contribution is -0.125. The molecule has 1 rings (SSSR count). The summed E-state index contributed by atoms with van der Waals surface area (Å²) in [5.74, 6) is 0.00791. The van der Waals surface area contributed by atoms with Crippen LogP contribution in [0.25, 0.3) is 0 Å². The van der Waals surface area contributed by atoms with E-state index in [2.05, 4.69) is 0 Å². The Hall–Kier alpha value is -1.52. The molecule has 0 bridgehead atoms. The molecule has 0 unspecified atom stereocenters. The maximum absolute atomic E-state index is 12.0. The van der Waals surface area contributed by atoms with Gasteiger partial charge in [0, 0.05) is 26.2 Å². The van der Waals surface area contributed by atoms with Crippen LogP contribution in [0.2, 0.25) is 0 Å². The third kappa shape index (κ3) is 5.32. The molecule has 2 amide bonds. The van der Waals surface area contributed by atoms with Crippen molar-refractivity contribution in [3.8, 4) is 0 Å². The second-order valence-electron chi connectivity index (χ2n) is 5.65. The number of ether oxygens (including phenoxy) is 1. The highest BCUT2D eigenvalue weighted by molar-refractivity contribution is 5.87. The molecule has 0 atom stereocenters. The van der Waals surface area contributed by atoms with Crippen LogP contribution in [0.1, 0.15) is 34.1 Å². The number of carbonyl (C=O) groups excluding carboxylic acids is 2. The second-order valence-corrected chi connectivity index (χ2v) is 5.65. The first-order valence-electron chi connectivity index (χ1n) is 6.73. The fraction of sp³-hybridized carbons (Fsp3) is 0.714. The zero-order valence-electron chi connectivity index (χ0n) is 12.3. The summed E-state index contributed by atoms with van der Waals surface area (Å²) < 4.78 is 5.35. The minimum atomic E-state index is -0.482. The number of amides is 2. The van der Waals surface area contributed by atoms with Gasteiger partial charge in [-0.1, -0.05) is 6.08 Å². The Bertz CT molecular complexity index is 358. The lowest BCUT2D eigenvalue weighted by atomic mass is 10.2. The van der Waals surface area contributed by atoms with Crippen LogP contribution in [-0.4, -0.2) is 53.6 Å². The van der Waals surface area contributed by atoms with Crippen molar-refractivity contribution in [2.75, 3.05) is 26.2 Å². The highest BCUT2D eigenvalue weighted by Gasteiger charge is 2.25. The van der Waals surface area contributed by atoms with Gasteiger partial charge in [0.1, 0.15) is 5.60 Å². The fourth-order valence-electron chi connectivity index (χ4n) is 1.89. The Morgan fingerprint density at radius 2 is 1.63 bits per heavy atom. The number of hydrogen-bond acceptors (Lipinski definition) is 3. The van der Waals surface area contributed by atoms with Gasteiger partial charge < -0.3 is 14.5 Å². The van der Waals surface area contributed by atoms with E-state index in [1.165, 1.54) is 0 Å². The van der Waals surface area contributed by atoms with Crippen molar-refractivity contribution < 1.29 is 14.3 Å². The van der Waals surface area contributed by atoms with Crippen LogP contribution in [-0.2, 0) is 9.53 Å². The third-order valence-electron chi connectivity index (χ3n) is 2.77. The quantitative estimate of drug-likeness (QED) is 0.684. The van der Waals surface area contributed by atoms with Crippen LogP contribution in [0.3, 0.4) is 0 Å². The molecule has 1 heterocycles. The van der Waals surface area contributed by atoms with Gasteiger partial charge >= 0.3 is 6.09 Å². The smallest absolute Gasteiger partial charge is 0.410 e. The molecule has 0 saturated carbocycles. The highest BCUT2D eigenvalue weighted by Crippen LogP contribution is 2.12. The molecule has 0 aromatic heterocycles. The largest absolute Gasteiger partial charge is 0.444 e. The summed E-state index contributed by atoms with van der Waals surface area (Å²) in [5, 5.41) is 0. The minimum absolute atomic E-state index is 0.00791. The van der Waals surface area contributed by atoms with Crippen molar-refractivity contribution in [1.29, 1.82) is 0 Å². The van der Waals surface area contributed by atoms with E-state index in [0.717, 1.165) is 6.42 Å². The van der Waals surface area contributed by atoms with Crippen LogP contribution in [0.5, 0.6) is 0 Å². The van der Waals surface area contributed by atoms with E-state index in [4.69, 9.17) is 4.74 Å². The molecule has 0 aromatic rings. The van der Waals surface area contributed by atoms with Gasteiger partial charge in [-0.3, -0.25) is 4.79 Å². The molecule has 0 aromatic carbocycles. The first kappa shape index (κ1) is 15.5. The molecular weight excluding hydrogens is 244 g/mol. The van der Waals surface area contributed by atoms with E-state index in [0.29, 0.717) is 26.2 Å². The third-order valence-corrected chi connectivity index (χ3v) is 2.77. The van der Waals surface area contributed by atoms with E-state index in [1.807, 2.05) is 27.7 Å². The number of carbonyl (C=O) groups is 2. The average molecular weight is 268 g/mol. The highest BCUT2D eigenvalue weighted by atomic mass is 16.6. The lowest BCUT2D eigenvalue weighted by Crippen LogP contribution is -2.39. The molecule has 1 aliphatic rings. The number of nitrogens with zero attached hydrogens (tertiary/aromatic N) is 2. The zero-order chi connectivity index (χ0) is 14.5. The first-order chi connectivity index (χ1) is 8.83. The maximum atomic E-state index is 12.0. The van der Waals surface area contributed by atoms with E-state index >= 15 is 0 Å². The van der Waals surface area contributed by atoms with Crippen molar-refractivity contribution in [2.24, 2.45) is 0 Å². The topological polar surface area (TPSA) is 49.9 Å². The second kappa shape index (κ2) is 6.59. The Labute approximate surface area is 115 Å². The Kier molecular flexibility index (Phi) is 5.39. The summed E-state index contributed by atoms with van der Waals surface area (Å²) in [4.78, 5) is 27.2. The summed E-state index contributed by atoms with van der Waals surface area (Å²) in [6.07, 6.45) is 3.78. The maximum Gasteiger partial charge on any atom is 0.410 e. The van der Waals surface area contributed by atoms with Gasteiger partial charge in [0.15, 0.2) is 0 Å². The normalized spacial score (nSPS) is 17.5. The van der Waals surface area contributed by atoms with Gasteiger partial charge in [0.05, 0.1) is 0 Å². The summed E-state index contributed by atoms with van der Waals surface area (Å²) in [6.45, 7) is 9.78. The molecule has 0 spiro atoms. The predicted octanol–water partition coefficient (Wildman–Crippen LogP) is 2.03. The zero-order valence-corrected chi connectivity index (χ0v) is 12.3. The minimum Gasteiger partial charge on any atom is -0.444 e. The molecule has 0 N–H and O–H groups in total. The van der Waals surface area contributed by atoms with Crippen molar-refractivity contribution in [3.05, 3.63) is 12.2 Å².